The fourth-order valence-electron chi connectivity index (χ4n) is 2.44. The van der Waals surface area contributed by atoms with Gasteiger partial charge in [0.1, 0.15) is 0 Å². The fraction of sp³-hybridized carbons (Fsp3) is 0.933. The Bertz CT molecular complexity index is 288. The van der Waals surface area contributed by atoms with E-state index in [0.717, 1.165) is 37.7 Å². The van der Waals surface area contributed by atoms with Crippen LogP contribution in [0, 0.1) is 0 Å². The summed E-state index contributed by atoms with van der Waals surface area (Å²) in [4.78, 5) is 11.7. The highest BCUT2D eigenvalue weighted by Crippen LogP contribution is 2.25. The molecule has 1 heterocycles. The van der Waals surface area contributed by atoms with Gasteiger partial charge in [0.2, 0.25) is 0 Å². The van der Waals surface area contributed by atoms with Crippen molar-refractivity contribution in [3.05, 3.63) is 0 Å². The van der Waals surface area contributed by atoms with Crippen LogP contribution in [0.2, 0.25) is 12.6 Å². The molecule has 3 nitrogen and oxygen atoms in total. The maximum Gasteiger partial charge on any atom is 0.335 e. The first-order valence-electron chi connectivity index (χ1n) is 8.03. The van der Waals surface area contributed by atoms with Crippen LogP contribution in [0.4, 0.5) is 0 Å². The summed E-state index contributed by atoms with van der Waals surface area (Å²) < 4.78 is 11.7. The third-order valence-corrected chi connectivity index (χ3v) is 7.56. The van der Waals surface area contributed by atoms with Crippen molar-refractivity contribution in [2.24, 2.45) is 0 Å². The van der Waals surface area contributed by atoms with Crippen molar-refractivity contribution >= 4 is 25.4 Å². The minimum Gasteiger partial charge on any atom is -0.392 e. The minimum atomic E-state index is -1.89. The molecule has 20 heavy (non-hydrogen) atoms. The Balaban J connectivity index is 1.96. The molecule has 0 aromatic carbocycles. The molecule has 1 aliphatic rings. The first-order chi connectivity index (χ1) is 9.56. The molecule has 118 valence electrons. The van der Waals surface area contributed by atoms with E-state index in [2.05, 4.69) is 20.4 Å². The molecular weight excluding hydrogens is 288 g/mol. The monoisotopic (exact) mass is 318 g/mol. The molecule has 0 saturated carbocycles. The van der Waals surface area contributed by atoms with Crippen LogP contribution in [-0.2, 0) is 13.6 Å². The number of unbranched alkanes of at least 4 members (excludes halogenated alkanes) is 4. The van der Waals surface area contributed by atoms with Crippen LogP contribution in [-0.4, -0.2) is 32.1 Å². The number of thioether (sulfide) groups is 1. The second-order valence-electron chi connectivity index (χ2n) is 5.86. The van der Waals surface area contributed by atoms with Crippen molar-refractivity contribution in [2.45, 2.75) is 77.5 Å². The van der Waals surface area contributed by atoms with Crippen LogP contribution in [0.5, 0.6) is 0 Å². The average molecular weight is 319 g/mol. The van der Waals surface area contributed by atoms with E-state index in [-0.39, 0.29) is 6.10 Å². The summed E-state index contributed by atoms with van der Waals surface area (Å²) in [6.45, 7) is 7.15. The highest BCUT2D eigenvalue weighted by atomic mass is 32.2. The van der Waals surface area contributed by atoms with E-state index in [9.17, 15) is 4.79 Å². The normalized spacial score (nSPS) is 26.1. The van der Waals surface area contributed by atoms with E-state index in [0.29, 0.717) is 5.12 Å². The van der Waals surface area contributed by atoms with Gasteiger partial charge in [0.15, 0.2) is 5.12 Å². The number of carbonyl (C=O) groups excluding carboxylic acids is 1. The summed E-state index contributed by atoms with van der Waals surface area (Å²) in [7, 11) is -1.89. The lowest BCUT2D eigenvalue weighted by Crippen LogP contribution is -2.32. The second-order valence-corrected chi connectivity index (χ2v) is 10.3. The largest absolute Gasteiger partial charge is 0.392 e. The minimum absolute atomic E-state index is 0.254. The third kappa shape index (κ3) is 7.81. The quantitative estimate of drug-likeness (QED) is 0.439. The molecule has 0 aromatic heterocycles. The van der Waals surface area contributed by atoms with E-state index in [1.807, 2.05) is 0 Å². The van der Waals surface area contributed by atoms with Crippen LogP contribution < -0.4 is 0 Å². The average Bonchev–Trinajstić information content (AvgIpc) is 2.75. The van der Waals surface area contributed by atoms with Crippen molar-refractivity contribution in [1.82, 2.24) is 0 Å². The van der Waals surface area contributed by atoms with Crippen molar-refractivity contribution in [2.75, 3.05) is 12.4 Å². The van der Waals surface area contributed by atoms with Gasteiger partial charge in [-0.3, -0.25) is 4.79 Å². The predicted octanol–water partition coefficient (Wildman–Crippen LogP) is 4.50. The van der Waals surface area contributed by atoms with Crippen molar-refractivity contribution in [1.29, 1.82) is 0 Å². The van der Waals surface area contributed by atoms with E-state index in [1.54, 1.807) is 0 Å². The molecule has 1 fully saturated rings. The van der Waals surface area contributed by atoms with Crippen molar-refractivity contribution in [3.8, 4) is 0 Å². The smallest absolute Gasteiger partial charge is 0.335 e. The molecule has 1 aliphatic heterocycles. The van der Waals surface area contributed by atoms with Gasteiger partial charge in [-0.05, 0) is 32.4 Å². The molecule has 0 aliphatic carbocycles. The topological polar surface area (TPSA) is 35.5 Å². The maximum atomic E-state index is 11.7. The highest BCUT2D eigenvalue weighted by Gasteiger charge is 2.38. The Hall–Kier alpha value is 0.157. The lowest BCUT2D eigenvalue weighted by molar-refractivity contribution is -0.111. The number of hydrogen-bond donors (Lipinski definition) is 0. The van der Waals surface area contributed by atoms with Crippen LogP contribution in [0.1, 0.15) is 58.8 Å². The standard InChI is InChI=1S/C15H30O3SSi/c1-4-5-6-7-8-10-15(16)19-11-9-12-20(3)17-13-14(2)18-20/h14H,4-13H2,1-3H3. The zero-order valence-corrected chi connectivity index (χ0v) is 15.1. The van der Waals surface area contributed by atoms with Gasteiger partial charge in [-0.1, -0.05) is 44.4 Å². The first kappa shape index (κ1) is 18.2. The van der Waals surface area contributed by atoms with Gasteiger partial charge in [-0.2, -0.15) is 0 Å². The molecule has 0 aromatic rings. The Morgan fingerprint density at radius 1 is 1.25 bits per heavy atom. The van der Waals surface area contributed by atoms with E-state index < -0.39 is 8.56 Å². The Kier molecular flexibility index (Phi) is 9.08. The maximum absolute atomic E-state index is 11.7. The fourth-order valence-corrected chi connectivity index (χ4v) is 6.16. The number of hydrogen-bond acceptors (Lipinski definition) is 4. The van der Waals surface area contributed by atoms with Gasteiger partial charge in [-0.15, -0.1) is 0 Å². The third-order valence-electron chi connectivity index (χ3n) is 3.60. The van der Waals surface area contributed by atoms with Gasteiger partial charge in [0, 0.05) is 12.2 Å². The Labute approximate surface area is 129 Å². The lowest BCUT2D eigenvalue weighted by atomic mass is 10.1. The zero-order valence-electron chi connectivity index (χ0n) is 13.3. The molecular formula is C15H30O3SSi. The molecule has 5 heteroatoms. The van der Waals surface area contributed by atoms with Crippen LogP contribution in [0.15, 0.2) is 0 Å². The number of rotatable bonds is 10. The predicted molar refractivity (Wildman–Crippen MR) is 88.4 cm³/mol. The molecule has 2 atom stereocenters. The summed E-state index contributed by atoms with van der Waals surface area (Å²) in [5.74, 6) is 0.914. The van der Waals surface area contributed by atoms with Gasteiger partial charge in [-0.25, -0.2) is 0 Å². The lowest BCUT2D eigenvalue weighted by Gasteiger charge is -2.18. The summed E-state index contributed by atoms with van der Waals surface area (Å²) in [5, 5.41) is 0.356. The van der Waals surface area contributed by atoms with Gasteiger partial charge in [0.05, 0.1) is 12.7 Å². The van der Waals surface area contributed by atoms with Crippen molar-refractivity contribution in [3.63, 3.8) is 0 Å². The second kappa shape index (κ2) is 9.98. The van der Waals surface area contributed by atoms with Crippen LogP contribution in [0.25, 0.3) is 0 Å². The molecule has 0 N–H and O–H groups in total. The molecule has 0 bridgehead atoms. The van der Waals surface area contributed by atoms with Crippen molar-refractivity contribution < 1.29 is 13.6 Å². The SMILES string of the molecule is CCCCCCCC(=O)SCCC[Si]1(C)OCC(C)O1. The molecule has 0 radical (unpaired) electrons. The highest BCUT2D eigenvalue weighted by molar-refractivity contribution is 8.13. The van der Waals surface area contributed by atoms with E-state index in [1.165, 1.54) is 37.4 Å². The van der Waals surface area contributed by atoms with E-state index in [4.69, 9.17) is 8.85 Å². The molecule has 0 amide bonds. The first-order valence-corrected chi connectivity index (χ1v) is 11.5. The van der Waals surface area contributed by atoms with Gasteiger partial charge >= 0.3 is 8.56 Å². The Morgan fingerprint density at radius 2 is 2.00 bits per heavy atom. The zero-order chi connectivity index (χ0) is 14.8. The van der Waals surface area contributed by atoms with Crippen LogP contribution in [0.3, 0.4) is 0 Å². The van der Waals surface area contributed by atoms with Gasteiger partial charge in [0.25, 0.3) is 0 Å². The van der Waals surface area contributed by atoms with Crippen LogP contribution >= 0.6 is 11.8 Å². The summed E-state index contributed by atoms with van der Waals surface area (Å²) in [6.07, 6.45) is 8.10. The summed E-state index contributed by atoms with van der Waals surface area (Å²) in [6, 6.07) is 1.01. The molecule has 1 rings (SSSR count). The van der Waals surface area contributed by atoms with E-state index >= 15 is 0 Å². The summed E-state index contributed by atoms with van der Waals surface area (Å²) in [5.41, 5.74) is 0. The number of carbonyl (C=O) groups is 1. The Morgan fingerprint density at radius 3 is 2.65 bits per heavy atom. The molecule has 0 spiro atoms. The summed E-state index contributed by atoms with van der Waals surface area (Å²) >= 11 is 1.50. The molecule has 2 unspecified atom stereocenters. The van der Waals surface area contributed by atoms with Gasteiger partial charge < -0.3 is 8.85 Å². The molecule has 1 saturated heterocycles.